The van der Waals surface area contributed by atoms with Gasteiger partial charge in [-0.3, -0.25) is 0 Å². The molecule has 0 amide bonds. The second-order valence-electron chi connectivity index (χ2n) is 8.43. The van der Waals surface area contributed by atoms with Crippen molar-refractivity contribution < 1.29 is 19.7 Å². The molecule has 2 atom stereocenters. The summed E-state index contributed by atoms with van der Waals surface area (Å²) in [5, 5.41) is 20.8. The van der Waals surface area contributed by atoms with Crippen LogP contribution in [0.1, 0.15) is 62.0 Å². The average Bonchev–Trinajstić information content (AvgIpc) is 3.04. The lowest BCUT2D eigenvalue weighted by atomic mass is 9.87. The summed E-state index contributed by atoms with van der Waals surface area (Å²) in [6, 6.07) is 7.40. The number of hydrogen-bond donors (Lipinski definition) is 2. The van der Waals surface area contributed by atoms with E-state index in [2.05, 4.69) is 12.2 Å². The number of phenols is 2. The Morgan fingerprint density at radius 1 is 0.966 bits per heavy atom. The maximum atomic E-state index is 10.4. The van der Waals surface area contributed by atoms with Crippen LogP contribution in [0.4, 0.5) is 0 Å². The van der Waals surface area contributed by atoms with Gasteiger partial charge in [-0.15, -0.1) is 0 Å². The second kappa shape index (κ2) is 7.51. The van der Waals surface area contributed by atoms with Gasteiger partial charge in [-0.25, -0.2) is 0 Å². The van der Waals surface area contributed by atoms with E-state index < -0.39 is 0 Å². The van der Waals surface area contributed by atoms with E-state index in [0.717, 1.165) is 28.0 Å². The van der Waals surface area contributed by atoms with Crippen LogP contribution in [0.2, 0.25) is 0 Å². The van der Waals surface area contributed by atoms with Gasteiger partial charge in [0.15, 0.2) is 0 Å². The molecule has 0 aliphatic carbocycles. The zero-order valence-corrected chi connectivity index (χ0v) is 17.5. The predicted molar refractivity (Wildman–Crippen MR) is 114 cm³/mol. The molecule has 0 unspecified atom stereocenters. The highest BCUT2D eigenvalue weighted by Crippen LogP contribution is 2.54. The molecule has 0 bridgehead atoms. The predicted octanol–water partition coefficient (Wildman–Crippen LogP) is 5.72. The van der Waals surface area contributed by atoms with E-state index >= 15 is 0 Å². The molecule has 2 aromatic rings. The summed E-state index contributed by atoms with van der Waals surface area (Å²) in [5.74, 6) is 2.03. The standard InChI is InChI=1S/C25H28O4/c1-14(2)5-7-16-11-19-23(12-22(16)27)28-13-20-17-9-10-21(26)18(8-6-15(3)4)24(17)29-25(19)20/h5-6,9-12,20,25-27H,7-8,13H2,1-4H3/t20-,25-/m0/s1. The Kier molecular flexibility index (Phi) is 5.03. The van der Waals surface area contributed by atoms with Crippen LogP contribution >= 0.6 is 0 Å². The van der Waals surface area contributed by atoms with Crippen LogP contribution in [0.25, 0.3) is 0 Å². The summed E-state index contributed by atoms with van der Waals surface area (Å²) in [6.07, 6.45) is 5.32. The third-order valence-electron chi connectivity index (χ3n) is 5.66. The smallest absolute Gasteiger partial charge is 0.138 e. The quantitative estimate of drug-likeness (QED) is 0.653. The van der Waals surface area contributed by atoms with Crippen molar-refractivity contribution >= 4 is 0 Å². The third kappa shape index (κ3) is 3.59. The molecule has 0 fully saturated rings. The molecule has 4 nitrogen and oxygen atoms in total. The molecule has 4 rings (SSSR count). The molecule has 2 heterocycles. The highest BCUT2D eigenvalue weighted by molar-refractivity contribution is 5.58. The first kappa shape index (κ1) is 19.4. The lowest BCUT2D eigenvalue weighted by Crippen LogP contribution is -2.23. The Balaban J connectivity index is 1.73. The first-order valence-corrected chi connectivity index (χ1v) is 10.1. The number of aromatic hydroxyl groups is 2. The topological polar surface area (TPSA) is 58.9 Å². The van der Waals surface area contributed by atoms with Gasteiger partial charge in [0.05, 0.1) is 12.5 Å². The van der Waals surface area contributed by atoms with Gasteiger partial charge in [-0.2, -0.15) is 0 Å². The Hall–Kier alpha value is -2.88. The molecular formula is C25H28O4. The minimum atomic E-state index is -0.174. The minimum Gasteiger partial charge on any atom is -0.508 e. The molecular weight excluding hydrogens is 364 g/mol. The van der Waals surface area contributed by atoms with E-state index in [-0.39, 0.29) is 23.5 Å². The fourth-order valence-corrected chi connectivity index (χ4v) is 4.04. The van der Waals surface area contributed by atoms with Crippen LogP contribution in [0.5, 0.6) is 23.0 Å². The summed E-state index contributed by atoms with van der Waals surface area (Å²) >= 11 is 0. The molecule has 0 spiro atoms. The molecule has 4 heteroatoms. The van der Waals surface area contributed by atoms with Crippen molar-refractivity contribution in [2.24, 2.45) is 0 Å². The number of phenolic OH excluding ortho intramolecular Hbond substituents is 2. The lowest BCUT2D eigenvalue weighted by Gasteiger charge is -2.28. The zero-order valence-electron chi connectivity index (χ0n) is 17.5. The van der Waals surface area contributed by atoms with Crippen molar-refractivity contribution in [1.29, 1.82) is 0 Å². The first-order valence-electron chi connectivity index (χ1n) is 10.1. The number of fused-ring (bicyclic) bond motifs is 5. The molecule has 152 valence electrons. The number of allylic oxidation sites excluding steroid dienone is 4. The van der Waals surface area contributed by atoms with Gasteiger partial charge in [-0.1, -0.05) is 29.4 Å². The van der Waals surface area contributed by atoms with Crippen molar-refractivity contribution in [2.75, 3.05) is 6.61 Å². The monoisotopic (exact) mass is 392 g/mol. The molecule has 2 aliphatic rings. The average molecular weight is 392 g/mol. The SMILES string of the molecule is CC(C)=CCc1cc2c(cc1O)OC[C@H]1c3ccc(O)c(CC=C(C)C)c3O[C@@H]21. The van der Waals surface area contributed by atoms with Crippen molar-refractivity contribution in [3.05, 3.63) is 69.8 Å². The fraction of sp³-hybridized carbons (Fsp3) is 0.360. The van der Waals surface area contributed by atoms with Gasteiger partial charge < -0.3 is 19.7 Å². The van der Waals surface area contributed by atoms with Gasteiger partial charge in [0.2, 0.25) is 0 Å². The van der Waals surface area contributed by atoms with Crippen molar-refractivity contribution in [1.82, 2.24) is 0 Å². The largest absolute Gasteiger partial charge is 0.508 e. The van der Waals surface area contributed by atoms with E-state index in [1.54, 1.807) is 12.1 Å². The van der Waals surface area contributed by atoms with Crippen LogP contribution < -0.4 is 9.47 Å². The van der Waals surface area contributed by atoms with E-state index in [4.69, 9.17) is 9.47 Å². The number of ether oxygens (including phenoxy) is 2. The Bertz CT molecular complexity index is 1010. The highest BCUT2D eigenvalue weighted by Gasteiger charge is 2.42. The van der Waals surface area contributed by atoms with Crippen LogP contribution in [0, 0.1) is 0 Å². The lowest BCUT2D eigenvalue weighted by molar-refractivity contribution is 0.138. The van der Waals surface area contributed by atoms with Gasteiger partial charge >= 0.3 is 0 Å². The van der Waals surface area contributed by atoms with Gasteiger partial charge in [-0.05, 0) is 58.2 Å². The second-order valence-corrected chi connectivity index (χ2v) is 8.43. The molecule has 29 heavy (non-hydrogen) atoms. The van der Waals surface area contributed by atoms with E-state index in [1.807, 2.05) is 39.8 Å². The molecule has 0 radical (unpaired) electrons. The molecule has 0 saturated heterocycles. The molecule has 2 aromatic carbocycles. The van der Waals surface area contributed by atoms with E-state index in [9.17, 15) is 10.2 Å². The van der Waals surface area contributed by atoms with Gasteiger partial charge in [0, 0.05) is 22.8 Å². The Labute approximate surface area is 172 Å². The normalized spacial score (nSPS) is 18.6. The van der Waals surface area contributed by atoms with Crippen LogP contribution in [-0.2, 0) is 12.8 Å². The Morgan fingerprint density at radius 3 is 2.41 bits per heavy atom. The van der Waals surface area contributed by atoms with Crippen LogP contribution in [0.3, 0.4) is 0 Å². The number of benzene rings is 2. The summed E-state index contributed by atoms with van der Waals surface area (Å²) in [6.45, 7) is 8.68. The summed E-state index contributed by atoms with van der Waals surface area (Å²) < 4.78 is 12.4. The van der Waals surface area contributed by atoms with Crippen molar-refractivity contribution in [2.45, 2.75) is 52.6 Å². The maximum Gasteiger partial charge on any atom is 0.138 e. The van der Waals surface area contributed by atoms with Gasteiger partial charge in [0.25, 0.3) is 0 Å². The summed E-state index contributed by atoms with van der Waals surface area (Å²) in [5.41, 5.74) is 6.13. The Morgan fingerprint density at radius 2 is 1.69 bits per heavy atom. The zero-order chi connectivity index (χ0) is 20.7. The molecule has 2 N–H and O–H groups in total. The van der Waals surface area contributed by atoms with Crippen LogP contribution in [0.15, 0.2) is 47.6 Å². The molecule has 0 aromatic heterocycles. The van der Waals surface area contributed by atoms with Crippen molar-refractivity contribution in [3.63, 3.8) is 0 Å². The van der Waals surface area contributed by atoms with E-state index in [0.29, 0.717) is 25.2 Å². The number of hydrogen-bond acceptors (Lipinski definition) is 4. The summed E-state index contributed by atoms with van der Waals surface area (Å²) in [7, 11) is 0. The third-order valence-corrected chi connectivity index (χ3v) is 5.66. The maximum absolute atomic E-state index is 10.4. The fourth-order valence-electron chi connectivity index (χ4n) is 4.04. The van der Waals surface area contributed by atoms with Crippen molar-refractivity contribution in [3.8, 4) is 23.0 Å². The first-order chi connectivity index (χ1) is 13.8. The molecule has 0 saturated carbocycles. The molecule has 2 aliphatic heterocycles. The van der Waals surface area contributed by atoms with E-state index in [1.165, 1.54) is 11.1 Å². The minimum absolute atomic E-state index is 0.0735. The summed E-state index contributed by atoms with van der Waals surface area (Å²) in [4.78, 5) is 0. The van der Waals surface area contributed by atoms with Gasteiger partial charge in [0.1, 0.15) is 29.1 Å². The van der Waals surface area contributed by atoms with Crippen LogP contribution in [-0.4, -0.2) is 16.8 Å². The number of rotatable bonds is 4. The highest BCUT2D eigenvalue weighted by atomic mass is 16.5.